The molecule has 4 aromatic heterocycles. The van der Waals surface area contributed by atoms with Crippen molar-refractivity contribution in [3.8, 4) is 50.7 Å². The molecular formula is C45H28N4S. The van der Waals surface area contributed by atoms with Crippen molar-refractivity contribution in [3.63, 3.8) is 0 Å². The van der Waals surface area contributed by atoms with E-state index in [1.165, 1.54) is 26.5 Å². The summed E-state index contributed by atoms with van der Waals surface area (Å²) in [7, 11) is 0. The van der Waals surface area contributed by atoms with Gasteiger partial charge >= 0.3 is 0 Å². The number of thiophene rings is 1. The Bertz CT molecular complexity index is 2740. The van der Waals surface area contributed by atoms with Crippen LogP contribution in [0.25, 0.3) is 92.8 Å². The first-order valence-electron chi connectivity index (χ1n) is 16.7. The topological polar surface area (TPSA) is 43.6 Å². The normalized spacial score (nSPS) is 11.6. The summed E-state index contributed by atoms with van der Waals surface area (Å²) in [6.07, 6.45) is 1.80. The summed E-state index contributed by atoms with van der Waals surface area (Å²) in [4.78, 5) is 15.1. The number of hydrogen-bond donors (Lipinski definition) is 0. The predicted molar refractivity (Wildman–Crippen MR) is 209 cm³/mol. The van der Waals surface area contributed by atoms with Gasteiger partial charge in [-0.15, -0.1) is 11.3 Å². The van der Waals surface area contributed by atoms with Crippen molar-refractivity contribution < 1.29 is 0 Å². The molecule has 50 heavy (non-hydrogen) atoms. The molecule has 0 amide bonds. The van der Waals surface area contributed by atoms with Gasteiger partial charge in [0, 0.05) is 43.7 Å². The SMILES string of the molecule is c1ccc(-c2cc(-c3nc(-c4ccccn4)nc4c3sc3ccccc34)cc(-c3ccccc3)c2-n2c3ccccc3c3ccccc32)cc1. The van der Waals surface area contributed by atoms with E-state index in [1.54, 1.807) is 17.5 Å². The van der Waals surface area contributed by atoms with Gasteiger partial charge in [0.25, 0.3) is 0 Å². The third-order valence-corrected chi connectivity index (χ3v) is 10.6. The maximum absolute atomic E-state index is 5.33. The van der Waals surface area contributed by atoms with Gasteiger partial charge in [0.15, 0.2) is 5.82 Å². The summed E-state index contributed by atoms with van der Waals surface area (Å²) >= 11 is 1.75. The quantitative estimate of drug-likeness (QED) is 0.185. The minimum Gasteiger partial charge on any atom is -0.308 e. The number of nitrogens with zero attached hydrogens (tertiary/aromatic N) is 4. The van der Waals surface area contributed by atoms with Crippen molar-refractivity contribution in [3.05, 3.63) is 170 Å². The fraction of sp³-hybridized carbons (Fsp3) is 0. The maximum atomic E-state index is 5.33. The van der Waals surface area contributed by atoms with Gasteiger partial charge in [-0.2, -0.15) is 0 Å². The number of pyridine rings is 1. The molecule has 234 valence electrons. The van der Waals surface area contributed by atoms with Gasteiger partial charge in [-0.1, -0.05) is 121 Å². The highest BCUT2D eigenvalue weighted by molar-refractivity contribution is 7.26. The first-order valence-corrected chi connectivity index (χ1v) is 17.5. The molecule has 0 spiro atoms. The molecule has 0 unspecified atom stereocenters. The first-order chi connectivity index (χ1) is 24.8. The van der Waals surface area contributed by atoms with E-state index in [9.17, 15) is 0 Å². The Morgan fingerprint density at radius 2 is 1.04 bits per heavy atom. The molecule has 0 atom stereocenters. The highest BCUT2D eigenvalue weighted by Gasteiger charge is 2.24. The summed E-state index contributed by atoms with van der Waals surface area (Å²) in [6, 6.07) is 58.0. The van der Waals surface area contributed by atoms with Crippen LogP contribution in [0.2, 0.25) is 0 Å². The second-order valence-corrected chi connectivity index (χ2v) is 13.5. The number of rotatable bonds is 5. The van der Waals surface area contributed by atoms with Crippen LogP contribution < -0.4 is 0 Å². The Morgan fingerprint density at radius 3 is 1.66 bits per heavy atom. The Hall–Kier alpha value is -6.43. The van der Waals surface area contributed by atoms with Crippen LogP contribution in [-0.2, 0) is 0 Å². The average molecular weight is 657 g/mol. The largest absolute Gasteiger partial charge is 0.308 e. The fourth-order valence-electron chi connectivity index (χ4n) is 7.25. The summed E-state index contributed by atoms with van der Waals surface area (Å²) in [5.74, 6) is 0.616. The van der Waals surface area contributed by atoms with E-state index in [1.807, 2.05) is 18.2 Å². The third kappa shape index (κ3) is 4.55. The molecule has 0 N–H and O–H groups in total. The third-order valence-electron chi connectivity index (χ3n) is 9.47. The molecule has 10 aromatic rings. The lowest BCUT2D eigenvalue weighted by Crippen LogP contribution is -2.02. The van der Waals surface area contributed by atoms with Crippen molar-refractivity contribution in [1.29, 1.82) is 0 Å². The Labute approximate surface area is 292 Å². The summed E-state index contributed by atoms with van der Waals surface area (Å²) < 4.78 is 4.70. The highest BCUT2D eigenvalue weighted by Crippen LogP contribution is 2.46. The van der Waals surface area contributed by atoms with Crippen molar-refractivity contribution in [2.75, 3.05) is 0 Å². The van der Waals surface area contributed by atoms with Gasteiger partial charge in [0.05, 0.1) is 32.6 Å². The Balaban J connectivity index is 1.37. The van der Waals surface area contributed by atoms with E-state index >= 15 is 0 Å². The number of fused-ring (bicyclic) bond motifs is 6. The fourth-order valence-corrected chi connectivity index (χ4v) is 8.40. The number of aromatic nitrogens is 4. The average Bonchev–Trinajstić information content (AvgIpc) is 3.74. The van der Waals surface area contributed by atoms with E-state index in [-0.39, 0.29) is 0 Å². The van der Waals surface area contributed by atoms with Gasteiger partial charge < -0.3 is 4.57 Å². The standard InChI is InChI=1S/C45H28N4S/c1-3-15-29(16-4-1)35-27-31(41-44-42(34-21-9-12-25-40(34)50-44)48-45(47-41)37-22-13-14-26-46-37)28-36(30-17-5-2-6-18-30)43(35)49-38-23-10-7-19-32(38)33-20-8-11-24-39(33)49/h1-28H. The lowest BCUT2D eigenvalue weighted by atomic mass is 9.91. The van der Waals surface area contributed by atoms with Crippen LogP contribution in [0.15, 0.2) is 170 Å². The van der Waals surface area contributed by atoms with E-state index in [2.05, 4.69) is 155 Å². The zero-order valence-electron chi connectivity index (χ0n) is 26.9. The molecule has 4 nitrogen and oxygen atoms in total. The van der Waals surface area contributed by atoms with Gasteiger partial charge in [-0.3, -0.25) is 4.98 Å². The molecule has 0 aliphatic carbocycles. The second-order valence-electron chi connectivity index (χ2n) is 12.4. The molecule has 0 fully saturated rings. The van der Waals surface area contributed by atoms with E-state index < -0.39 is 0 Å². The van der Waals surface area contributed by atoms with Crippen LogP contribution in [0.1, 0.15) is 0 Å². The Kier molecular flexibility index (Phi) is 6.64. The first kappa shape index (κ1) is 28.6. The molecule has 0 bridgehead atoms. The molecule has 4 heterocycles. The monoisotopic (exact) mass is 656 g/mol. The summed E-state index contributed by atoms with van der Waals surface area (Å²) in [6.45, 7) is 0. The molecule has 0 aliphatic rings. The molecular weight excluding hydrogens is 629 g/mol. The van der Waals surface area contributed by atoms with E-state index in [4.69, 9.17) is 9.97 Å². The van der Waals surface area contributed by atoms with Crippen LogP contribution in [0.5, 0.6) is 0 Å². The summed E-state index contributed by atoms with van der Waals surface area (Å²) in [5, 5.41) is 3.59. The van der Waals surface area contributed by atoms with Crippen LogP contribution in [0, 0.1) is 0 Å². The van der Waals surface area contributed by atoms with E-state index in [0.717, 1.165) is 60.5 Å². The van der Waals surface area contributed by atoms with Gasteiger partial charge in [-0.25, -0.2) is 9.97 Å². The highest BCUT2D eigenvalue weighted by atomic mass is 32.1. The molecule has 10 rings (SSSR count). The zero-order valence-corrected chi connectivity index (χ0v) is 27.7. The molecule has 5 heteroatoms. The van der Waals surface area contributed by atoms with Crippen LogP contribution in [-0.4, -0.2) is 19.5 Å². The minimum atomic E-state index is 0.616. The molecule has 0 saturated carbocycles. The van der Waals surface area contributed by atoms with Crippen LogP contribution >= 0.6 is 11.3 Å². The van der Waals surface area contributed by atoms with Crippen LogP contribution in [0.3, 0.4) is 0 Å². The smallest absolute Gasteiger partial charge is 0.179 e. The number of benzene rings is 6. The summed E-state index contributed by atoms with van der Waals surface area (Å²) in [5.41, 5.74) is 11.6. The van der Waals surface area contributed by atoms with Gasteiger partial charge in [0.2, 0.25) is 0 Å². The van der Waals surface area contributed by atoms with Crippen molar-refractivity contribution in [1.82, 2.24) is 19.5 Å². The molecule has 0 aliphatic heterocycles. The maximum Gasteiger partial charge on any atom is 0.179 e. The van der Waals surface area contributed by atoms with Crippen molar-refractivity contribution in [2.45, 2.75) is 0 Å². The number of hydrogen-bond acceptors (Lipinski definition) is 4. The van der Waals surface area contributed by atoms with Crippen molar-refractivity contribution >= 4 is 53.4 Å². The lowest BCUT2D eigenvalue weighted by molar-refractivity contribution is 1.17. The van der Waals surface area contributed by atoms with Gasteiger partial charge in [0.1, 0.15) is 5.69 Å². The molecule has 6 aromatic carbocycles. The second kappa shape index (κ2) is 11.6. The van der Waals surface area contributed by atoms with Gasteiger partial charge in [-0.05, 0) is 53.6 Å². The minimum absolute atomic E-state index is 0.616. The Morgan fingerprint density at radius 1 is 0.480 bits per heavy atom. The lowest BCUT2D eigenvalue weighted by Gasteiger charge is -2.21. The van der Waals surface area contributed by atoms with Crippen LogP contribution in [0.4, 0.5) is 0 Å². The predicted octanol–water partition coefficient (Wildman–Crippen LogP) is 12.0. The molecule has 0 saturated heterocycles. The van der Waals surface area contributed by atoms with E-state index in [0.29, 0.717) is 5.82 Å². The molecule has 0 radical (unpaired) electrons. The van der Waals surface area contributed by atoms with Crippen molar-refractivity contribution in [2.24, 2.45) is 0 Å². The number of para-hydroxylation sites is 2. The zero-order chi connectivity index (χ0) is 33.0.